The second-order valence-corrected chi connectivity index (χ2v) is 21.4. The average molecular weight is 953 g/mol. The number of fused-ring (bicyclic) bond motifs is 1. The van der Waals surface area contributed by atoms with Gasteiger partial charge in [-0.15, -0.1) is 11.3 Å². The normalized spacial score (nSPS) is 41.3. The zero-order valence-corrected chi connectivity index (χ0v) is 42.7. The summed E-state index contributed by atoms with van der Waals surface area (Å²) in [5.41, 5.74) is -1.80. The zero-order chi connectivity index (χ0) is 49.2. The Bertz CT molecular complexity index is 2070. The maximum absolute atomic E-state index is 15.0. The summed E-state index contributed by atoms with van der Waals surface area (Å²) in [4.78, 5) is 38.1. The van der Waals surface area contributed by atoms with Crippen LogP contribution in [-0.4, -0.2) is 144 Å². The number of carbonyl (C=O) groups is 2. The SMILES string of the molecule is C=C1CO[C@]2(C)[C@@H](CC)OC(=O)[C@H](C)[C@@H](OC3C[C@@](C)(OC)[C@@H](O)[C@H](C)O3)[C@H](C)[C@@H](O[C@@H]3O[C@H](C)C[C@H](N(C)C)[C@H]3O)[C@](C)(OCC#Cc3ccc(-c4ccccn4)s3)C[C@@H](C)C(=O)C(C)[C@H]12. The van der Waals surface area contributed by atoms with Crippen molar-refractivity contribution in [2.45, 2.75) is 173 Å². The summed E-state index contributed by atoms with van der Waals surface area (Å²) in [7, 11) is 5.35. The Labute approximate surface area is 402 Å². The van der Waals surface area contributed by atoms with Crippen LogP contribution in [0.2, 0.25) is 0 Å². The molecular weight excluding hydrogens is 877 g/mol. The minimum absolute atomic E-state index is 0.0347. The molecule has 2 N–H and O–H groups in total. The van der Waals surface area contributed by atoms with E-state index in [-0.39, 0.29) is 44.0 Å². The molecule has 18 atom stereocenters. The number of carbonyl (C=O) groups excluding carboxylic acids is 2. The molecule has 0 aromatic carbocycles. The highest BCUT2D eigenvalue weighted by atomic mass is 32.1. The molecular formula is C52H76N2O12S. The first-order valence-electron chi connectivity index (χ1n) is 24.0. The Morgan fingerprint density at radius 1 is 0.970 bits per heavy atom. The van der Waals surface area contributed by atoms with Gasteiger partial charge in [-0.1, -0.05) is 52.2 Å². The molecule has 14 nitrogen and oxygen atoms in total. The molecule has 15 heteroatoms. The molecule has 4 aliphatic rings. The van der Waals surface area contributed by atoms with Crippen LogP contribution in [0.3, 0.4) is 0 Å². The number of rotatable bonds is 10. The molecule has 0 aliphatic carbocycles. The average Bonchev–Trinajstić information content (AvgIpc) is 3.90. The van der Waals surface area contributed by atoms with E-state index >= 15 is 0 Å². The first kappa shape index (κ1) is 53.2. The van der Waals surface area contributed by atoms with Crippen molar-refractivity contribution in [2.75, 3.05) is 34.4 Å². The molecule has 4 fully saturated rings. The fourth-order valence-electron chi connectivity index (χ4n) is 11.2. The van der Waals surface area contributed by atoms with Gasteiger partial charge in [0.25, 0.3) is 0 Å². The number of cyclic esters (lactones) is 1. The van der Waals surface area contributed by atoms with Gasteiger partial charge >= 0.3 is 5.97 Å². The minimum Gasteiger partial charge on any atom is -0.459 e. The number of Topliss-reactive ketones (excluding diaryl/α,β-unsaturated/α-hetero) is 1. The summed E-state index contributed by atoms with van der Waals surface area (Å²) in [5, 5.41) is 23.2. The van der Waals surface area contributed by atoms with Crippen LogP contribution < -0.4 is 0 Å². The Hall–Kier alpha value is -3.11. The molecule has 6 heterocycles. The predicted molar refractivity (Wildman–Crippen MR) is 255 cm³/mol. The fraction of sp³-hybridized carbons (Fsp3) is 0.712. The topological polar surface area (TPSA) is 165 Å². The summed E-state index contributed by atoms with van der Waals surface area (Å²) in [6, 6.07) is 9.41. The van der Waals surface area contributed by atoms with Crippen molar-refractivity contribution in [1.82, 2.24) is 9.88 Å². The Morgan fingerprint density at radius 3 is 2.36 bits per heavy atom. The van der Waals surface area contributed by atoms with E-state index in [1.165, 1.54) is 18.4 Å². The van der Waals surface area contributed by atoms with Crippen molar-refractivity contribution in [3.05, 3.63) is 53.6 Å². The van der Waals surface area contributed by atoms with Crippen LogP contribution in [0.15, 0.2) is 48.7 Å². The van der Waals surface area contributed by atoms with E-state index in [0.717, 1.165) is 21.0 Å². The number of nitrogens with zero attached hydrogens (tertiary/aromatic N) is 2. The zero-order valence-electron chi connectivity index (χ0n) is 41.9. The number of ether oxygens (including phenoxy) is 8. The highest BCUT2D eigenvalue weighted by molar-refractivity contribution is 7.16. The van der Waals surface area contributed by atoms with Crippen molar-refractivity contribution in [3.63, 3.8) is 0 Å². The monoisotopic (exact) mass is 953 g/mol. The first-order chi connectivity index (χ1) is 31.6. The number of aromatic nitrogens is 1. The Morgan fingerprint density at radius 2 is 1.70 bits per heavy atom. The molecule has 4 saturated heterocycles. The second-order valence-electron chi connectivity index (χ2n) is 20.3. The molecule has 0 bridgehead atoms. The standard InChI is InChI=1S/C52H76N2O12S/c1-15-40-52(11)42(30(3)28-61-52)32(5)43(55)29(2)26-51(10,60-24-18-19-36-21-22-39(67-36)37-20-16-17-23-53-37)47(66-49-44(56)38(54(12)13)25-31(4)62-49)33(6)45(34(7)48(58)64-40)65-41-27-50(9,59-14)46(57)35(8)63-41/h16-17,20-23,29,31-35,38,40-42,44-47,49,56-57H,3,15,24-28H2,1-2,4-14H3/t29-,31-,32?,33+,34-,35+,38+,40-,41?,42+,44-,45+,46+,47-,49+,50-,51-,52-/m1/s1. The van der Waals surface area contributed by atoms with Gasteiger partial charge in [-0.05, 0) is 105 Å². The van der Waals surface area contributed by atoms with E-state index in [1.54, 1.807) is 27.0 Å². The molecule has 372 valence electrons. The first-order valence-corrected chi connectivity index (χ1v) is 24.8. The van der Waals surface area contributed by atoms with Gasteiger partial charge < -0.3 is 53.0 Å². The predicted octanol–water partition coefficient (Wildman–Crippen LogP) is 6.83. The lowest BCUT2D eigenvalue weighted by Crippen LogP contribution is -2.61. The summed E-state index contributed by atoms with van der Waals surface area (Å²) >= 11 is 1.52. The van der Waals surface area contributed by atoms with E-state index in [2.05, 4.69) is 23.4 Å². The highest BCUT2D eigenvalue weighted by Gasteiger charge is 2.57. The van der Waals surface area contributed by atoms with E-state index in [0.29, 0.717) is 12.8 Å². The second kappa shape index (κ2) is 21.9. The molecule has 6 rings (SSSR count). The van der Waals surface area contributed by atoms with E-state index < -0.39 is 102 Å². The van der Waals surface area contributed by atoms with E-state index in [1.807, 2.05) is 97.8 Å². The van der Waals surface area contributed by atoms with Crippen molar-refractivity contribution in [2.24, 2.45) is 29.6 Å². The summed E-state index contributed by atoms with van der Waals surface area (Å²) < 4.78 is 52.8. The third-order valence-electron chi connectivity index (χ3n) is 15.1. The van der Waals surface area contributed by atoms with Crippen LogP contribution >= 0.6 is 11.3 Å². The number of aliphatic hydroxyl groups is 2. The van der Waals surface area contributed by atoms with Crippen molar-refractivity contribution in [3.8, 4) is 22.4 Å². The maximum Gasteiger partial charge on any atom is 0.311 e. The van der Waals surface area contributed by atoms with E-state index in [4.69, 9.17) is 37.9 Å². The number of likely N-dealkylation sites (N-methyl/N-ethyl adjacent to an activating group) is 1. The van der Waals surface area contributed by atoms with Gasteiger partial charge in [-0.3, -0.25) is 14.6 Å². The van der Waals surface area contributed by atoms with Crippen molar-refractivity contribution < 1.29 is 57.7 Å². The number of hydrogen-bond acceptors (Lipinski definition) is 15. The summed E-state index contributed by atoms with van der Waals surface area (Å²) in [6.07, 6.45) is -4.76. The smallest absolute Gasteiger partial charge is 0.311 e. The van der Waals surface area contributed by atoms with Crippen molar-refractivity contribution in [1.29, 1.82) is 0 Å². The van der Waals surface area contributed by atoms with Crippen LogP contribution in [0.1, 0.15) is 99.8 Å². The highest BCUT2D eigenvalue weighted by Crippen LogP contribution is 2.47. The molecule has 0 saturated carbocycles. The third kappa shape index (κ3) is 11.4. The number of thiophene rings is 1. The Balaban J connectivity index is 1.48. The summed E-state index contributed by atoms with van der Waals surface area (Å²) in [6.45, 7) is 23.2. The molecule has 2 aromatic heterocycles. The number of hydrogen-bond donors (Lipinski definition) is 2. The van der Waals surface area contributed by atoms with Gasteiger partial charge in [0.05, 0.1) is 63.6 Å². The number of methoxy groups -OCH3 is 1. The molecule has 2 aromatic rings. The lowest BCUT2D eigenvalue weighted by atomic mass is 9.69. The van der Waals surface area contributed by atoms with Crippen LogP contribution in [0.5, 0.6) is 0 Å². The van der Waals surface area contributed by atoms with Gasteiger partial charge in [-0.25, -0.2) is 0 Å². The number of ketones is 1. The van der Waals surface area contributed by atoms with E-state index in [9.17, 15) is 19.8 Å². The number of esters is 1. The summed E-state index contributed by atoms with van der Waals surface area (Å²) in [5.74, 6) is 2.61. The van der Waals surface area contributed by atoms with Gasteiger partial charge in [0, 0.05) is 49.4 Å². The molecule has 67 heavy (non-hydrogen) atoms. The quantitative estimate of drug-likeness (QED) is 0.145. The number of pyridine rings is 1. The number of aliphatic hydroxyl groups excluding tert-OH is 2. The maximum atomic E-state index is 15.0. The van der Waals surface area contributed by atoms with Crippen LogP contribution in [0.4, 0.5) is 0 Å². The molecule has 4 aliphatic heterocycles. The molecule has 0 spiro atoms. The molecule has 0 radical (unpaired) electrons. The Kier molecular flexibility index (Phi) is 17.4. The van der Waals surface area contributed by atoms with Crippen LogP contribution in [0, 0.1) is 41.4 Å². The molecule has 2 unspecified atom stereocenters. The largest absolute Gasteiger partial charge is 0.459 e. The van der Waals surface area contributed by atoms with Gasteiger partial charge in [0.1, 0.15) is 36.3 Å². The minimum atomic E-state index is -1.33. The van der Waals surface area contributed by atoms with Gasteiger partial charge in [0.15, 0.2) is 12.6 Å². The van der Waals surface area contributed by atoms with Crippen molar-refractivity contribution >= 4 is 23.1 Å². The van der Waals surface area contributed by atoms with Gasteiger partial charge in [-0.2, -0.15) is 0 Å². The lowest BCUT2D eigenvalue weighted by Gasteiger charge is -2.50. The van der Waals surface area contributed by atoms with Crippen LogP contribution in [0.25, 0.3) is 10.6 Å². The molecule has 0 amide bonds. The van der Waals surface area contributed by atoms with Gasteiger partial charge in [0.2, 0.25) is 0 Å². The fourth-order valence-corrected chi connectivity index (χ4v) is 12.0. The third-order valence-corrected chi connectivity index (χ3v) is 16.1. The lowest BCUT2D eigenvalue weighted by molar-refractivity contribution is -0.320. The van der Waals surface area contributed by atoms with Crippen LogP contribution in [-0.2, 0) is 47.5 Å².